The number of rotatable bonds is 4. The van der Waals surface area contributed by atoms with Gasteiger partial charge in [0.1, 0.15) is 11.8 Å². The summed E-state index contributed by atoms with van der Waals surface area (Å²) in [4.78, 5) is 4.41. The van der Waals surface area contributed by atoms with Crippen molar-refractivity contribution in [1.29, 1.82) is 10.5 Å². The number of anilines is 1. The maximum absolute atomic E-state index is 9.26. The Balaban J connectivity index is 2.12. The number of ether oxygens (including phenoxy) is 1. The monoisotopic (exact) mass is 284 g/mol. The first-order chi connectivity index (χ1) is 10.2. The van der Waals surface area contributed by atoms with Crippen LogP contribution in [0, 0.1) is 22.7 Å². The van der Waals surface area contributed by atoms with Crippen LogP contribution in [0.2, 0.25) is 0 Å². The summed E-state index contributed by atoms with van der Waals surface area (Å²) >= 11 is 0. The lowest BCUT2D eigenvalue weighted by Crippen LogP contribution is -2.50. The summed E-state index contributed by atoms with van der Waals surface area (Å²) in [5.41, 5.74) is 1.58. The van der Waals surface area contributed by atoms with Crippen molar-refractivity contribution < 1.29 is 4.74 Å². The van der Waals surface area contributed by atoms with E-state index < -0.39 is 0 Å². The van der Waals surface area contributed by atoms with Gasteiger partial charge < -0.3 is 9.64 Å². The second kappa shape index (κ2) is 6.97. The van der Waals surface area contributed by atoms with E-state index in [1.165, 1.54) is 0 Å². The molecule has 1 fully saturated rings. The first kappa shape index (κ1) is 15.2. The molecule has 0 spiro atoms. The third kappa shape index (κ3) is 3.26. The summed E-state index contributed by atoms with van der Waals surface area (Å²) in [7, 11) is 1.63. The Hall–Kier alpha value is -2.24. The van der Waals surface area contributed by atoms with Crippen LogP contribution in [0.1, 0.15) is 18.9 Å². The van der Waals surface area contributed by atoms with Crippen LogP contribution in [-0.2, 0) is 0 Å². The van der Waals surface area contributed by atoms with Gasteiger partial charge in [0.05, 0.1) is 30.5 Å². The summed E-state index contributed by atoms with van der Waals surface area (Å²) in [6.07, 6.45) is 0.846. The van der Waals surface area contributed by atoms with Gasteiger partial charge in [-0.1, -0.05) is 6.92 Å². The molecule has 0 bridgehead atoms. The van der Waals surface area contributed by atoms with Crippen LogP contribution in [0.4, 0.5) is 5.69 Å². The van der Waals surface area contributed by atoms with Gasteiger partial charge in [-0.05, 0) is 18.6 Å². The molecule has 110 valence electrons. The standard InChI is InChI=1S/C16H20N4O/c1-3-14(12-18)19-6-8-20(9-7-19)16-10-15(21-2)5-4-13(16)11-17/h4-5,10,14H,3,6-9H2,1-2H3. The molecule has 0 radical (unpaired) electrons. The third-order valence-corrected chi connectivity index (χ3v) is 3.96. The smallest absolute Gasteiger partial charge is 0.121 e. The van der Waals surface area contributed by atoms with Crippen molar-refractivity contribution in [2.45, 2.75) is 19.4 Å². The normalized spacial score (nSPS) is 16.9. The molecule has 1 heterocycles. The van der Waals surface area contributed by atoms with Gasteiger partial charge >= 0.3 is 0 Å². The van der Waals surface area contributed by atoms with Crippen molar-refractivity contribution in [2.75, 3.05) is 38.2 Å². The SMILES string of the molecule is CCC(C#N)N1CCN(c2cc(OC)ccc2C#N)CC1. The summed E-state index contributed by atoms with van der Waals surface area (Å²) in [6.45, 7) is 5.36. The van der Waals surface area contributed by atoms with Crippen molar-refractivity contribution in [3.8, 4) is 17.9 Å². The maximum atomic E-state index is 9.26. The van der Waals surface area contributed by atoms with Gasteiger partial charge in [-0.25, -0.2) is 0 Å². The van der Waals surface area contributed by atoms with Gasteiger partial charge in [0.2, 0.25) is 0 Å². The zero-order valence-corrected chi connectivity index (χ0v) is 12.5. The molecule has 5 nitrogen and oxygen atoms in total. The van der Waals surface area contributed by atoms with Crippen molar-refractivity contribution >= 4 is 5.69 Å². The van der Waals surface area contributed by atoms with Gasteiger partial charge in [0.25, 0.3) is 0 Å². The molecule has 1 unspecified atom stereocenters. The molecule has 1 atom stereocenters. The molecule has 0 aromatic heterocycles. The number of methoxy groups -OCH3 is 1. The fraction of sp³-hybridized carbons (Fsp3) is 0.500. The fourth-order valence-electron chi connectivity index (χ4n) is 2.70. The lowest BCUT2D eigenvalue weighted by Gasteiger charge is -2.38. The van der Waals surface area contributed by atoms with Crippen LogP contribution >= 0.6 is 0 Å². The first-order valence-electron chi connectivity index (χ1n) is 7.20. The molecule has 0 amide bonds. The Labute approximate surface area is 125 Å². The van der Waals surface area contributed by atoms with Crippen LogP contribution < -0.4 is 9.64 Å². The second-order valence-electron chi connectivity index (χ2n) is 5.07. The fourth-order valence-corrected chi connectivity index (χ4v) is 2.70. The van der Waals surface area contributed by atoms with Crippen LogP contribution in [-0.4, -0.2) is 44.2 Å². The highest BCUT2D eigenvalue weighted by atomic mass is 16.5. The zero-order chi connectivity index (χ0) is 15.2. The number of piperazine rings is 1. The number of hydrogen-bond acceptors (Lipinski definition) is 5. The molecule has 21 heavy (non-hydrogen) atoms. The molecule has 1 aliphatic rings. The van der Waals surface area contributed by atoms with E-state index in [-0.39, 0.29) is 6.04 Å². The second-order valence-corrected chi connectivity index (χ2v) is 5.07. The van der Waals surface area contributed by atoms with E-state index in [1.807, 2.05) is 13.0 Å². The summed E-state index contributed by atoms with van der Waals surface area (Å²) < 4.78 is 5.25. The molecule has 2 rings (SSSR count). The van der Waals surface area contributed by atoms with E-state index in [4.69, 9.17) is 10.00 Å². The lowest BCUT2D eigenvalue weighted by atomic mass is 10.1. The molecular formula is C16H20N4O. The van der Waals surface area contributed by atoms with Crippen molar-refractivity contribution in [3.63, 3.8) is 0 Å². The van der Waals surface area contributed by atoms with E-state index in [1.54, 1.807) is 19.2 Å². The van der Waals surface area contributed by atoms with Gasteiger partial charge in [0, 0.05) is 32.2 Å². The zero-order valence-electron chi connectivity index (χ0n) is 12.5. The highest BCUT2D eigenvalue weighted by Crippen LogP contribution is 2.27. The summed E-state index contributed by atoms with van der Waals surface area (Å²) in [6, 6.07) is 10.1. The maximum Gasteiger partial charge on any atom is 0.121 e. The number of hydrogen-bond donors (Lipinski definition) is 0. The topological polar surface area (TPSA) is 63.3 Å². The average molecular weight is 284 g/mol. The van der Waals surface area contributed by atoms with E-state index in [0.29, 0.717) is 5.56 Å². The van der Waals surface area contributed by atoms with Crippen LogP contribution in [0.15, 0.2) is 18.2 Å². The van der Waals surface area contributed by atoms with Gasteiger partial charge in [0.15, 0.2) is 0 Å². The minimum absolute atomic E-state index is 0.00658. The molecule has 1 saturated heterocycles. The Morgan fingerprint density at radius 3 is 2.48 bits per heavy atom. The van der Waals surface area contributed by atoms with E-state index >= 15 is 0 Å². The van der Waals surface area contributed by atoms with Crippen molar-refractivity contribution in [2.24, 2.45) is 0 Å². The van der Waals surface area contributed by atoms with E-state index in [2.05, 4.69) is 21.9 Å². The van der Waals surface area contributed by atoms with Crippen molar-refractivity contribution in [1.82, 2.24) is 4.90 Å². The van der Waals surface area contributed by atoms with E-state index in [9.17, 15) is 5.26 Å². The Morgan fingerprint density at radius 2 is 1.95 bits per heavy atom. The third-order valence-electron chi connectivity index (χ3n) is 3.96. The number of nitrogens with zero attached hydrogens (tertiary/aromatic N) is 4. The minimum atomic E-state index is -0.00658. The minimum Gasteiger partial charge on any atom is -0.497 e. The highest BCUT2D eigenvalue weighted by molar-refractivity contribution is 5.62. The van der Waals surface area contributed by atoms with Gasteiger partial charge in [-0.3, -0.25) is 4.90 Å². The summed E-state index contributed by atoms with van der Waals surface area (Å²) in [5.74, 6) is 0.759. The first-order valence-corrected chi connectivity index (χ1v) is 7.20. The molecule has 0 saturated carbocycles. The quantitative estimate of drug-likeness (QED) is 0.846. The Kier molecular flexibility index (Phi) is 5.03. The molecule has 0 aliphatic carbocycles. The number of benzene rings is 1. The average Bonchev–Trinajstić information content (AvgIpc) is 2.56. The Bertz CT molecular complexity index is 565. The Morgan fingerprint density at radius 1 is 1.24 bits per heavy atom. The number of nitriles is 2. The molecule has 1 aromatic rings. The lowest BCUT2D eigenvalue weighted by molar-refractivity contribution is 0.216. The van der Waals surface area contributed by atoms with Gasteiger partial charge in [-0.15, -0.1) is 0 Å². The molecule has 5 heteroatoms. The van der Waals surface area contributed by atoms with Crippen LogP contribution in [0.25, 0.3) is 0 Å². The van der Waals surface area contributed by atoms with Crippen molar-refractivity contribution in [3.05, 3.63) is 23.8 Å². The van der Waals surface area contributed by atoms with Crippen LogP contribution in [0.3, 0.4) is 0 Å². The molecule has 1 aliphatic heterocycles. The highest BCUT2D eigenvalue weighted by Gasteiger charge is 2.24. The largest absolute Gasteiger partial charge is 0.497 e. The van der Waals surface area contributed by atoms with Crippen LogP contribution in [0.5, 0.6) is 5.75 Å². The molecular weight excluding hydrogens is 264 g/mol. The predicted molar refractivity (Wildman–Crippen MR) is 81.2 cm³/mol. The molecule has 1 aromatic carbocycles. The summed E-state index contributed by atoms with van der Waals surface area (Å²) in [5, 5.41) is 18.4. The van der Waals surface area contributed by atoms with E-state index in [0.717, 1.165) is 44.0 Å². The predicted octanol–water partition coefficient (Wildman–Crippen LogP) is 1.99. The van der Waals surface area contributed by atoms with Gasteiger partial charge in [-0.2, -0.15) is 10.5 Å². The molecule has 0 N–H and O–H groups in total.